The molecule has 0 amide bonds. The van der Waals surface area contributed by atoms with E-state index in [9.17, 15) is 0 Å². The van der Waals surface area contributed by atoms with Crippen LogP contribution in [0.5, 0.6) is 0 Å². The second-order valence-corrected chi connectivity index (χ2v) is 4.22. The number of nitrogens with zero attached hydrogens (tertiary/aromatic N) is 5. The van der Waals surface area contributed by atoms with Crippen molar-refractivity contribution < 1.29 is 0 Å². The first kappa shape index (κ1) is 11.4. The zero-order valence-electron chi connectivity index (χ0n) is 10.4. The summed E-state index contributed by atoms with van der Waals surface area (Å²) >= 11 is 0. The molecule has 3 N–H and O–H groups in total. The summed E-state index contributed by atoms with van der Waals surface area (Å²) in [6, 6.07) is 3.92. The van der Waals surface area contributed by atoms with Gasteiger partial charge in [0, 0.05) is 26.0 Å². The Kier molecular flexibility index (Phi) is 2.71. The molecule has 0 aliphatic heterocycles. The quantitative estimate of drug-likeness (QED) is 0.723. The third kappa shape index (κ3) is 2.17. The summed E-state index contributed by atoms with van der Waals surface area (Å²) in [5.74, 6) is 0.941. The fourth-order valence-electron chi connectivity index (χ4n) is 1.95. The Labute approximate surface area is 109 Å². The highest BCUT2D eigenvalue weighted by molar-refractivity contribution is 5.83. The SMILES string of the molecule is CN(Cc1cccnc1)c1nc(N)nc2nc[nH]c12. The fraction of sp³-hybridized carbons (Fsp3) is 0.167. The summed E-state index contributed by atoms with van der Waals surface area (Å²) < 4.78 is 0. The van der Waals surface area contributed by atoms with Crippen LogP contribution in [0.3, 0.4) is 0 Å². The zero-order valence-corrected chi connectivity index (χ0v) is 10.4. The molecule has 0 fully saturated rings. The largest absolute Gasteiger partial charge is 0.368 e. The minimum Gasteiger partial charge on any atom is -0.368 e. The molecule has 0 bridgehead atoms. The molecule has 3 aromatic heterocycles. The molecule has 0 aliphatic carbocycles. The summed E-state index contributed by atoms with van der Waals surface area (Å²) in [7, 11) is 1.94. The van der Waals surface area contributed by atoms with Gasteiger partial charge in [-0.05, 0) is 11.6 Å². The molecule has 3 heterocycles. The molecule has 3 rings (SSSR count). The predicted octanol–water partition coefficient (Wildman–Crippen LogP) is 0.966. The maximum atomic E-state index is 5.70. The van der Waals surface area contributed by atoms with Crippen molar-refractivity contribution in [3.8, 4) is 0 Å². The normalized spacial score (nSPS) is 10.8. The lowest BCUT2D eigenvalue weighted by atomic mass is 10.2. The number of nitrogens with one attached hydrogen (secondary N) is 1. The third-order valence-corrected chi connectivity index (χ3v) is 2.79. The van der Waals surface area contributed by atoms with Gasteiger partial charge in [0.15, 0.2) is 11.5 Å². The topological polar surface area (TPSA) is 96.6 Å². The van der Waals surface area contributed by atoms with Crippen LogP contribution in [0.25, 0.3) is 11.2 Å². The Morgan fingerprint density at radius 1 is 1.37 bits per heavy atom. The van der Waals surface area contributed by atoms with E-state index in [0.717, 1.165) is 16.9 Å². The number of rotatable bonds is 3. The van der Waals surface area contributed by atoms with Crippen molar-refractivity contribution in [2.24, 2.45) is 0 Å². The van der Waals surface area contributed by atoms with Crippen LogP contribution in [0, 0.1) is 0 Å². The van der Waals surface area contributed by atoms with Crippen LogP contribution in [0.1, 0.15) is 5.56 Å². The van der Waals surface area contributed by atoms with E-state index in [1.165, 1.54) is 0 Å². The van der Waals surface area contributed by atoms with Crippen LogP contribution in [0.4, 0.5) is 11.8 Å². The van der Waals surface area contributed by atoms with Crippen LogP contribution in [-0.2, 0) is 6.54 Å². The Morgan fingerprint density at radius 2 is 2.26 bits per heavy atom. The van der Waals surface area contributed by atoms with Crippen molar-refractivity contribution in [2.45, 2.75) is 6.54 Å². The van der Waals surface area contributed by atoms with Gasteiger partial charge in [0.2, 0.25) is 5.95 Å². The molecule has 7 nitrogen and oxygen atoms in total. The Balaban J connectivity index is 1.97. The van der Waals surface area contributed by atoms with Crippen molar-refractivity contribution in [3.05, 3.63) is 36.4 Å². The predicted molar refractivity (Wildman–Crippen MR) is 72.4 cm³/mol. The monoisotopic (exact) mass is 255 g/mol. The third-order valence-electron chi connectivity index (χ3n) is 2.79. The highest BCUT2D eigenvalue weighted by Gasteiger charge is 2.12. The lowest BCUT2D eigenvalue weighted by Gasteiger charge is -2.18. The van der Waals surface area contributed by atoms with Crippen molar-refractivity contribution in [3.63, 3.8) is 0 Å². The van der Waals surface area contributed by atoms with Crippen molar-refractivity contribution in [1.82, 2.24) is 24.9 Å². The number of hydrogen-bond acceptors (Lipinski definition) is 6. The molecule has 19 heavy (non-hydrogen) atoms. The molecular formula is C12H13N7. The lowest BCUT2D eigenvalue weighted by molar-refractivity contribution is 0.894. The molecule has 0 aromatic carbocycles. The van der Waals surface area contributed by atoms with Crippen LogP contribution < -0.4 is 10.6 Å². The molecule has 0 atom stereocenters. The van der Waals surface area contributed by atoms with E-state index in [0.29, 0.717) is 12.2 Å². The summed E-state index contributed by atoms with van der Waals surface area (Å²) in [5, 5.41) is 0. The van der Waals surface area contributed by atoms with E-state index in [2.05, 4.69) is 24.9 Å². The first-order valence-electron chi connectivity index (χ1n) is 5.80. The average Bonchev–Trinajstić information content (AvgIpc) is 2.86. The van der Waals surface area contributed by atoms with Gasteiger partial charge in [-0.2, -0.15) is 9.97 Å². The molecular weight excluding hydrogens is 242 g/mol. The molecule has 0 aliphatic rings. The van der Waals surface area contributed by atoms with E-state index >= 15 is 0 Å². The average molecular weight is 255 g/mol. The number of aromatic amines is 1. The number of hydrogen-bond donors (Lipinski definition) is 2. The maximum absolute atomic E-state index is 5.70. The van der Waals surface area contributed by atoms with Gasteiger partial charge in [-0.1, -0.05) is 6.07 Å². The number of anilines is 2. The number of imidazole rings is 1. The Bertz CT molecular complexity index is 692. The first-order valence-corrected chi connectivity index (χ1v) is 5.80. The minimum atomic E-state index is 0.215. The van der Waals surface area contributed by atoms with Gasteiger partial charge in [-0.15, -0.1) is 0 Å². The summed E-state index contributed by atoms with van der Waals surface area (Å²) in [6.45, 7) is 0.679. The summed E-state index contributed by atoms with van der Waals surface area (Å²) in [5.41, 5.74) is 8.14. The molecule has 96 valence electrons. The van der Waals surface area contributed by atoms with Crippen molar-refractivity contribution in [2.75, 3.05) is 17.7 Å². The van der Waals surface area contributed by atoms with Crippen LogP contribution in [0.15, 0.2) is 30.9 Å². The number of H-pyrrole nitrogens is 1. The maximum Gasteiger partial charge on any atom is 0.224 e. The molecule has 0 saturated carbocycles. The smallest absolute Gasteiger partial charge is 0.224 e. The molecule has 7 heteroatoms. The van der Waals surface area contributed by atoms with Crippen molar-refractivity contribution >= 4 is 22.9 Å². The van der Waals surface area contributed by atoms with Gasteiger partial charge < -0.3 is 15.6 Å². The molecule has 0 radical (unpaired) electrons. The van der Waals surface area contributed by atoms with E-state index in [1.807, 2.05) is 30.3 Å². The number of pyridine rings is 1. The van der Waals surface area contributed by atoms with Gasteiger partial charge in [0.25, 0.3) is 0 Å². The number of nitrogen functional groups attached to an aromatic ring is 1. The van der Waals surface area contributed by atoms with Gasteiger partial charge in [-0.25, -0.2) is 4.98 Å². The first-order chi connectivity index (χ1) is 9.24. The van der Waals surface area contributed by atoms with Crippen LogP contribution in [-0.4, -0.2) is 32.0 Å². The number of nitrogens with two attached hydrogens (primary N) is 1. The lowest BCUT2D eigenvalue weighted by Crippen LogP contribution is -2.19. The highest BCUT2D eigenvalue weighted by Crippen LogP contribution is 2.21. The second-order valence-electron chi connectivity index (χ2n) is 4.22. The van der Waals surface area contributed by atoms with Gasteiger partial charge in [0.05, 0.1) is 6.33 Å². The van der Waals surface area contributed by atoms with E-state index in [1.54, 1.807) is 12.5 Å². The van der Waals surface area contributed by atoms with E-state index in [-0.39, 0.29) is 5.95 Å². The molecule has 0 unspecified atom stereocenters. The zero-order chi connectivity index (χ0) is 13.2. The second kappa shape index (κ2) is 4.52. The Hall–Kier alpha value is -2.70. The number of aromatic nitrogens is 5. The summed E-state index contributed by atoms with van der Waals surface area (Å²) in [6.07, 6.45) is 5.16. The van der Waals surface area contributed by atoms with Gasteiger partial charge in [0.1, 0.15) is 5.52 Å². The number of fused-ring (bicyclic) bond motifs is 1. The highest BCUT2D eigenvalue weighted by atomic mass is 15.2. The minimum absolute atomic E-state index is 0.215. The standard InChI is InChI=1S/C12H13N7/c1-19(6-8-3-2-4-14-5-8)11-9-10(16-7-15-9)17-12(13)18-11/h2-5,7H,6H2,1H3,(H3,13,15,16,17,18). The summed E-state index contributed by atoms with van der Waals surface area (Å²) in [4.78, 5) is 21.6. The van der Waals surface area contributed by atoms with Crippen molar-refractivity contribution in [1.29, 1.82) is 0 Å². The van der Waals surface area contributed by atoms with E-state index < -0.39 is 0 Å². The van der Waals surface area contributed by atoms with Gasteiger partial charge >= 0.3 is 0 Å². The molecule has 0 saturated heterocycles. The van der Waals surface area contributed by atoms with Crippen LogP contribution in [0.2, 0.25) is 0 Å². The molecule has 0 spiro atoms. The molecule has 3 aromatic rings. The van der Waals surface area contributed by atoms with Crippen LogP contribution >= 0.6 is 0 Å². The Morgan fingerprint density at radius 3 is 3.05 bits per heavy atom. The van der Waals surface area contributed by atoms with Gasteiger partial charge in [-0.3, -0.25) is 4.98 Å². The van der Waals surface area contributed by atoms with E-state index in [4.69, 9.17) is 5.73 Å². The fourth-order valence-corrected chi connectivity index (χ4v) is 1.95.